The van der Waals surface area contributed by atoms with Gasteiger partial charge >= 0.3 is 5.97 Å². The molecule has 0 spiro atoms. The van der Waals surface area contributed by atoms with Crippen LogP contribution in [0.4, 0.5) is 5.69 Å². The molecule has 0 fully saturated rings. The minimum atomic E-state index is -3.78. The Morgan fingerprint density at radius 1 is 1.06 bits per heavy atom. The molecule has 1 aliphatic rings. The topological polar surface area (TPSA) is 105 Å². The van der Waals surface area contributed by atoms with Crippen LogP contribution in [0.1, 0.15) is 48.0 Å². The van der Waals surface area contributed by atoms with Gasteiger partial charge in [0.05, 0.1) is 17.6 Å². The number of aromatic carboxylic acids is 1. The van der Waals surface area contributed by atoms with Crippen LogP contribution in [-0.4, -0.2) is 39.7 Å². The van der Waals surface area contributed by atoms with Gasteiger partial charge in [-0.3, -0.25) is 0 Å². The predicted octanol–water partition coefficient (Wildman–Crippen LogP) is 4.22. The van der Waals surface area contributed by atoms with E-state index in [4.69, 9.17) is 4.74 Å². The molecule has 0 saturated carbocycles. The molecule has 0 bridgehead atoms. The van der Waals surface area contributed by atoms with Gasteiger partial charge in [-0.25, -0.2) is 17.9 Å². The summed E-state index contributed by atoms with van der Waals surface area (Å²) in [5.74, 6) is -0.405. The second kappa shape index (κ2) is 11.2. The fraction of sp³-hybridized carbons (Fsp3) is 0.375. The zero-order valence-electron chi connectivity index (χ0n) is 18.3. The van der Waals surface area contributed by atoms with Gasteiger partial charge in [0.25, 0.3) is 0 Å². The van der Waals surface area contributed by atoms with Crippen LogP contribution >= 0.6 is 0 Å². The van der Waals surface area contributed by atoms with E-state index in [0.29, 0.717) is 31.6 Å². The number of hydrogen-bond donors (Lipinski definition) is 3. The molecular weight excluding hydrogens is 428 g/mol. The highest BCUT2D eigenvalue weighted by atomic mass is 32.2. The third-order valence-corrected chi connectivity index (χ3v) is 7.00. The molecule has 0 atom stereocenters. The molecule has 2 aromatic rings. The van der Waals surface area contributed by atoms with Crippen LogP contribution in [0.2, 0.25) is 0 Å². The Labute approximate surface area is 189 Å². The van der Waals surface area contributed by atoms with Crippen molar-refractivity contribution in [2.45, 2.75) is 43.4 Å². The van der Waals surface area contributed by atoms with Crippen molar-refractivity contribution in [1.29, 1.82) is 0 Å². The van der Waals surface area contributed by atoms with E-state index in [0.717, 1.165) is 30.6 Å². The van der Waals surface area contributed by atoms with Crippen molar-refractivity contribution < 1.29 is 23.1 Å². The molecule has 3 N–H and O–H groups in total. The third-order valence-electron chi connectivity index (χ3n) is 5.54. The summed E-state index contributed by atoms with van der Waals surface area (Å²) in [5, 5.41) is 12.7. The fourth-order valence-electron chi connectivity index (χ4n) is 3.72. The first kappa shape index (κ1) is 23.8. The Balaban J connectivity index is 1.62. The molecule has 3 rings (SSSR count). The normalized spacial score (nSPS) is 14.0. The van der Waals surface area contributed by atoms with Gasteiger partial charge in [-0.1, -0.05) is 23.8 Å². The highest BCUT2D eigenvalue weighted by molar-refractivity contribution is 7.89. The van der Waals surface area contributed by atoms with E-state index in [1.54, 1.807) is 7.11 Å². The molecule has 0 aliphatic heterocycles. The minimum absolute atomic E-state index is 0.0479. The van der Waals surface area contributed by atoms with E-state index in [1.165, 1.54) is 30.2 Å². The predicted molar refractivity (Wildman–Crippen MR) is 125 cm³/mol. The molecule has 8 heteroatoms. The first-order valence-electron chi connectivity index (χ1n) is 10.8. The summed E-state index contributed by atoms with van der Waals surface area (Å²) < 4.78 is 33.0. The largest absolute Gasteiger partial charge is 0.497 e. The third kappa shape index (κ3) is 6.58. The van der Waals surface area contributed by atoms with E-state index < -0.39 is 16.0 Å². The second-order valence-corrected chi connectivity index (χ2v) is 9.56. The quantitative estimate of drug-likeness (QED) is 0.436. The van der Waals surface area contributed by atoms with Crippen LogP contribution < -0.4 is 14.8 Å². The van der Waals surface area contributed by atoms with Gasteiger partial charge in [0, 0.05) is 18.8 Å². The van der Waals surface area contributed by atoms with E-state index in [1.807, 2.05) is 24.3 Å². The number of nitrogens with one attached hydrogen (secondary N) is 2. The van der Waals surface area contributed by atoms with Gasteiger partial charge in [0.15, 0.2) is 0 Å². The molecule has 2 aromatic carbocycles. The van der Waals surface area contributed by atoms with E-state index in [9.17, 15) is 18.3 Å². The minimum Gasteiger partial charge on any atom is -0.497 e. The molecule has 7 nitrogen and oxygen atoms in total. The maximum atomic E-state index is 12.7. The molecule has 0 radical (unpaired) electrons. The van der Waals surface area contributed by atoms with Gasteiger partial charge < -0.3 is 15.2 Å². The Kier molecular flexibility index (Phi) is 8.30. The van der Waals surface area contributed by atoms with Crippen LogP contribution in [-0.2, 0) is 16.4 Å². The summed E-state index contributed by atoms with van der Waals surface area (Å²) in [4.78, 5) is 11.7. The number of carboxylic acid groups (broad SMARTS) is 1. The molecule has 0 amide bonds. The highest BCUT2D eigenvalue weighted by Crippen LogP contribution is 2.22. The molecule has 172 valence electrons. The van der Waals surface area contributed by atoms with Crippen molar-refractivity contribution in [3.63, 3.8) is 0 Å². The first-order chi connectivity index (χ1) is 15.4. The summed E-state index contributed by atoms with van der Waals surface area (Å²) in [5.41, 5.74) is 2.67. The number of anilines is 1. The average Bonchev–Trinajstić information content (AvgIpc) is 2.80. The Hall–Kier alpha value is -2.84. The Morgan fingerprint density at radius 3 is 2.50 bits per heavy atom. The van der Waals surface area contributed by atoms with Crippen LogP contribution in [0.25, 0.3) is 0 Å². The average molecular weight is 459 g/mol. The monoisotopic (exact) mass is 458 g/mol. The smallest absolute Gasteiger partial charge is 0.337 e. The first-order valence-corrected chi connectivity index (χ1v) is 12.3. The van der Waals surface area contributed by atoms with Gasteiger partial charge in [-0.05, 0) is 74.4 Å². The number of hydrogen-bond acceptors (Lipinski definition) is 5. The molecule has 0 aromatic heterocycles. The summed E-state index contributed by atoms with van der Waals surface area (Å²) in [6, 6.07) is 11.8. The number of sulfonamides is 1. The standard InChI is InChI=1S/C24H30N2O5S/c1-31-20-9-7-19(8-10-20)13-15-25-23-12-11-21(17-22(23)24(27)28)32(29,30)26-16-14-18-5-3-2-4-6-18/h5,7-12,17,25-26H,2-4,6,13-16H2,1H3,(H,27,28). The van der Waals surface area contributed by atoms with Crippen LogP contribution in [0, 0.1) is 0 Å². The summed E-state index contributed by atoms with van der Waals surface area (Å²) in [7, 11) is -2.18. The zero-order chi connectivity index (χ0) is 23.0. The number of rotatable bonds is 11. The zero-order valence-corrected chi connectivity index (χ0v) is 19.1. The lowest BCUT2D eigenvalue weighted by atomic mass is 9.97. The van der Waals surface area contributed by atoms with Gasteiger partial charge in [0.2, 0.25) is 10.0 Å². The Morgan fingerprint density at radius 2 is 1.84 bits per heavy atom. The fourth-order valence-corrected chi connectivity index (χ4v) is 4.77. The van der Waals surface area contributed by atoms with E-state index in [-0.39, 0.29) is 10.5 Å². The van der Waals surface area contributed by atoms with Crippen molar-refractivity contribution in [2.75, 3.05) is 25.5 Å². The second-order valence-electron chi connectivity index (χ2n) is 7.79. The summed E-state index contributed by atoms with van der Waals surface area (Å²) in [6.45, 7) is 0.810. The van der Waals surface area contributed by atoms with Crippen LogP contribution in [0.5, 0.6) is 5.75 Å². The van der Waals surface area contributed by atoms with E-state index in [2.05, 4.69) is 16.1 Å². The Bertz CT molecular complexity index is 1060. The van der Waals surface area contributed by atoms with Gasteiger partial charge in [-0.2, -0.15) is 0 Å². The number of carbonyl (C=O) groups is 1. The maximum absolute atomic E-state index is 12.7. The van der Waals surface area contributed by atoms with Crippen molar-refractivity contribution in [3.05, 3.63) is 65.2 Å². The maximum Gasteiger partial charge on any atom is 0.337 e. The number of allylic oxidation sites excluding steroid dienone is 1. The molecule has 1 aliphatic carbocycles. The van der Waals surface area contributed by atoms with Crippen molar-refractivity contribution in [2.24, 2.45) is 0 Å². The lowest BCUT2D eigenvalue weighted by Gasteiger charge is -2.14. The number of ether oxygens (including phenoxy) is 1. The lowest BCUT2D eigenvalue weighted by Crippen LogP contribution is -2.25. The van der Waals surface area contributed by atoms with Crippen molar-refractivity contribution >= 4 is 21.7 Å². The molecule has 0 heterocycles. The van der Waals surface area contributed by atoms with Crippen molar-refractivity contribution in [1.82, 2.24) is 4.72 Å². The number of carboxylic acids is 1. The number of methoxy groups -OCH3 is 1. The van der Waals surface area contributed by atoms with Crippen LogP contribution in [0.15, 0.2) is 59.0 Å². The summed E-state index contributed by atoms with van der Waals surface area (Å²) >= 11 is 0. The van der Waals surface area contributed by atoms with Gasteiger partial charge in [0.1, 0.15) is 5.75 Å². The number of benzene rings is 2. The molecule has 0 unspecified atom stereocenters. The molecular formula is C24H30N2O5S. The lowest BCUT2D eigenvalue weighted by molar-refractivity contribution is 0.0697. The van der Waals surface area contributed by atoms with Crippen LogP contribution in [0.3, 0.4) is 0 Å². The summed E-state index contributed by atoms with van der Waals surface area (Å²) in [6.07, 6.45) is 7.95. The van der Waals surface area contributed by atoms with Crippen molar-refractivity contribution in [3.8, 4) is 5.75 Å². The molecule has 0 saturated heterocycles. The van der Waals surface area contributed by atoms with E-state index >= 15 is 0 Å². The molecule has 32 heavy (non-hydrogen) atoms. The van der Waals surface area contributed by atoms with Gasteiger partial charge in [-0.15, -0.1) is 0 Å². The SMILES string of the molecule is COc1ccc(CCNc2ccc(S(=O)(=O)NCCC3=CCCCC3)cc2C(=O)O)cc1. The highest BCUT2D eigenvalue weighted by Gasteiger charge is 2.19.